The molecule has 0 saturated carbocycles. The first-order chi connectivity index (χ1) is 13.7. The lowest BCUT2D eigenvalue weighted by atomic mass is 10.1. The van der Waals surface area contributed by atoms with E-state index in [1.54, 1.807) is 24.3 Å². The van der Waals surface area contributed by atoms with Crippen LogP contribution in [-0.2, 0) is 4.79 Å². The smallest absolute Gasteiger partial charge is 0.254 e. The van der Waals surface area contributed by atoms with Crippen molar-refractivity contribution in [2.45, 2.75) is 19.8 Å². The molecule has 0 saturated heterocycles. The monoisotopic (exact) mass is 380 g/mol. The third-order valence-corrected chi connectivity index (χ3v) is 3.75. The number of para-hydroxylation sites is 3. The average molecular weight is 380 g/mol. The Morgan fingerprint density at radius 1 is 1.04 bits per heavy atom. The lowest BCUT2D eigenvalue weighted by Gasteiger charge is -2.12. The van der Waals surface area contributed by atoms with Gasteiger partial charge in [-0.3, -0.25) is 9.59 Å². The fourth-order valence-corrected chi connectivity index (χ4v) is 2.49. The van der Waals surface area contributed by atoms with Crippen molar-refractivity contribution in [2.75, 3.05) is 25.1 Å². The summed E-state index contributed by atoms with van der Waals surface area (Å²) in [5, 5.41) is 5.36. The number of amides is 2. The van der Waals surface area contributed by atoms with E-state index < -0.39 is 0 Å². The summed E-state index contributed by atoms with van der Waals surface area (Å²) >= 11 is 0. The van der Waals surface area contributed by atoms with Gasteiger partial charge in [-0.2, -0.15) is 0 Å². The zero-order valence-electron chi connectivity index (χ0n) is 15.9. The Balaban J connectivity index is 1.84. The van der Waals surface area contributed by atoms with Crippen molar-refractivity contribution in [3.05, 3.63) is 54.1 Å². The highest BCUT2D eigenvalue weighted by molar-refractivity contribution is 6.03. The first-order valence-electron chi connectivity index (χ1n) is 9.10. The minimum atomic E-state index is -0.329. The first kappa shape index (κ1) is 20.8. The van der Waals surface area contributed by atoms with E-state index in [1.165, 1.54) is 0 Å². The summed E-state index contributed by atoms with van der Waals surface area (Å²) < 4.78 is 11.2. The Morgan fingerprint density at radius 2 is 1.71 bits per heavy atom. The van der Waals surface area contributed by atoms with Crippen molar-refractivity contribution in [1.82, 2.24) is 5.32 Å². The van der Waals surface area contributed by atoms with Gasteiger partial charge >= 0.3 is 0 Å². The molecule has 6 heteroatoms. The van der Waals surface area contributed by atoms with Crippen LogP contribution in [0.1, 0.15) is 30.1 Å². The van der Waals surface area contributed by atoms with Gasteiger partial charge in [-0.1, -0.05) is 30.2 Å². The van der Waals surface area contributed by atoms with Crippen LogP contribution in [0.2, 0.25) is 0 Å². The molecule has 2 amide bonds. The molecular weight excluding hydrogens is 356 g/mol. The number of terminal acetylenes is 1. The third kappa shape index (κ3) is 6.36. The van der Waals surface area contributed by atoms with Gasteiger partial charge in [0.15, 0.2) is 11.5 Å². The lowest BCUT2D eigenvalue weighted by Crippen LogP contribution is -2.25. The second kappa shape index (κ2) is 11.3. The summed E-state index contributed by atoms with van der Waals surface area (Å²) in [6.45, 7) is 2.96. The standard InChI is InChI=1S/C22H24N2O4/c1-3-15-23-22(26)17-10-5-6-11-18(17)24-21(25)14-9-16-28-20-13-8-7-12-19(20)27-4-2/h1,5-8,10-13H,4,9,14-16H2,2H3,(H,23,26)(H,24,25). The van der Waals surface area contributed by atoms with Crippen molar-refractivity contribution < 1.29 is 19.1 Å². The van der Waals surface area contributed by atoms with Crippen LogP contribution in [0.15, 0.2) is 48.5 Å². The normalized spacial score (nSPS) is 9.86. The Labute approximate surface area is 165 Å². The highest BCUT2D eigenvalue weighted by Gasteiger charge is 2.12. The predicted molar refractivity (Wildman–Crippen MR) is 109 cm³/mol. The maximum atomic E-state index is 12.2. The van der Waals surface area contributed by atoms with E-state index in [4.69, 9.17) is 15.9 Å². The molecule has 2 N–H and O–H groups in total. The lowest BCUT2D eigenvalue weighted by molar-refractivity contribution is -0.116. The molecule has 0 unspecified atom stereocenters. The van der Waals surface area contributed by atoms with Crippen molar-refractivity contribution >= 4 is 17.5 Å². The molecule has 0 aliphatic rings. The van der Waals surface area contributed by atoms with Gasteiger partial charge in [0.25, 0.3) is 5.91 Å². The van der Waals surface area contributed by atoms with Gasteiger partial charge in [0.05, 0.1) is 31.0 Å². The van der Waals surface area contributed by atoms with E-state index in [2.05, 4.69) is 16.6 Å². The van der Waals surface area contributed by atoms with Gasteiger partial charge in [-0.05, 0) is 37.6 Å². The molecule has 2 aromatic rings. The van der Waals surface area contributed by atoms with E-state index in [0.29, 0.717) is 42.4 Å². The minimum absolute atomic E-state index is 0.127. The van der Waals surface area contributed by atoms with Crippen LogP contribution in [-0.4, -0.2) is 31.6 Å². The quantitative estimate of drug-likeness (QED) is 0.490. The van der Waals surface area contributed by atoms with Crippen LogP contribution in [0.4, 0.5) is 5.69 Å². The van der Waals surface area contributed by atoms with E-state index in [1.807, 2.05) is 31.2 Å². The molecule has 0 fully saturated rings. The number of hydrogen-bond donors (Lipinski definition) is 2. The van der Waals surface area contributed by atoms with Crippen LogP contribution in [0, 0.1) is 12.3 Å². The molecule has 0 aliphatic heterocycles. The van der Waals surface area contributed by atoms with E-state index >= 15 is 0 Å². The summed E-state index contributed by atoms with van der Waals surface area (Å²) in [5.41, 5.74) is 0.817. The first-order valence-corrected chi connectivity index (χ1v) is 9.10. The topological polar surface area (TPSA) is 76.7 Å². The Bertz CT molecular complexity index is 842. The molecule has 0 aliphatic carbocycles. The molecule has 2 aromatic carbocycles. The van der Waals surface area contributed by atoms with Crippen molar-refractivity contribution in [3.8, 4) is 23.8 Å². The Hall–Kier alpha value is -3.46. The van der Waals surface area contributed by atoms with Gasteiger partial charge < -0.3 is 20.1 Å². The van der Waals surface area contributed by atoms with Gasteiger partial charge in [0.2, 0.25) is 5.91 Å². The molecule has 146 valence electrons. The van der Waals surface area contributed by atoms with Crippen LogP contribution in [0.3, 0.4) is 0 Å². The summed E-state index contributed by atoms with van der Waals surface area (Å²) in [4.78, 5) is 24.3. The average Bonchev–Trinajstić information content (AvgIpc) is 2.71. The number of benzene rings is 2. The maximum Gasteiger partial charge on any atom is 0.254 e. The van der Waals surface area contributed by atoms with Crippen LogP contribution >= 0.6 is 0 Å². The second-order valence-corrected chi connectivity index (χ2v) is 5.81. The fraction of sp³-hybridized carbons (Fsp3) is 0.273. The summed E-state index contributed by atoms with van der Waals surface area (Å²) in [6, 6.07) is 14.2. The molecule has 0 aromatic heterocycles. The molecule has 2 rings (SSSR count). The van der Waals surface area contributed by atoms with Crippen LogP contribution in [0.5, 0.6) is 11.5 Å². The highest BCUT2D eigenvalue weighted by atomic mass is 16.5. The van der Waals surface area contributed by atoms with Crippen molar-refractivity contribution in [1.29, 1.82) is 0 Å². The van der Waals surface area contributed by atoms with Gasteiger partial charge in [-0.25, -0.2) is 0 Å². The fourth-order valence-electron chi connectivity index (χ4n) is 2.49. The zero-order chi connectivity index (χ0) is 20.2. The van der Waals surface area contributed by atoms with Gasteiger partial charge in [0.1, 0.15) is 0 Å². The Morgan fingerprint density at radius 3 is 2.43 bits per heavy atom. The predicted octanol–water partition coefficient (Wildman–Crippen LogP) is 3.25. The van der Waals surface area contributed by atoms with Crippen molar-refractivity contribution in [3.63, 3.8) is 0 Å². The number of anilines is 1. The molecule has 0 heterocycles. The molecule has 0 atom stereocenters. The molecule has 0 radical (unpaired) electrons. The number of ether oxygens (including phenoxy) is 2. The second-order valence-electron chi connectivity index (χ2n) is 5.81. The molecule has 0 bridgehead atoms. The summed E-state index contributed by atoms with van der Waals surface area (Å²) in [5.74, 6) is 3.16. The third-order valence-electron chi connectivity index (χ3n) is 3.75. The largest absolute Gasteiger partial charge is 0.490 e. The van der Waals surface area contributed by atoms with Gasteiger partial charge in [-0.15, -0.1) is 6.42 Å². The van der Waals surface area contributed by atoms with E-state index in [9.17, 15) is 9.59 Å². The van der Waals surface area contributed by atoms with E-state index in [0.717, 1.165) is 0 Å². The minimum Gasteiger partial charge on any atom is -0.490 e. The molecule has 28 heavy (non-hydrogen) atoms. The maximum absolute atomic E-state index is 12.2. The number of nitrogens with one attached hydrogen (secondary N) is 2. The van der Waals surface area contributed by atoms with Crippen molar-refractivity contribution in [2.24, 2.45) is 0 Å². The number of hydrogen-bond acceptors (Lipinski definition) is 4. The number of rotatable bonds is 10. The molecule has 0 spiro atoms. The summed E-state index contributed by atoms with van der Waals surface area (Å²) in [7, 11) is 0. The zero-order valence-corrected chi connectivity index (χ0v) is 15.9. The highest BCUT2D eigenvalue weighted by Crippen LogP contribution is 2.26. The Kier molecular flexibility index (Phi) is 8.41. The number of carbonyl (C=O) groups is 2. The van der Waals surface area contributed by atoms with E-state index in [-0.39, 0.29) is 24.8 Å². The number of carbonyl (C=O) groups excluding carboxylic acids is 2. The summed E-state index contributed by atoms with van der Waals surface area (Å²) in [6.07, 6.45) is 5.94. The molecular formula is C22H24N2O4. The SMILES string of the molecule is C#CCNC(=O)c1ccccc1NC(=O)CCCOc1ccccc1OCC. The molecule has 6 nitrogen and oxygen atoms in total. The van der Waals surface area contributed by atoms with Crippen LogP contribution in [0.25, 0.3) is 0 Å². The van der Waals surface area contributed by atoms with Crippen LogP contribution < -0.4 is 20.1 Å². The van der Waals surface area contributed by atoms with Gasteiger partial charge in [0, 0.05) is 6.42 Å².